The van der Waals surface area contributed by atoms with E-state index < -0.39 is 0 Å². The first kappa shape index (κ1) is 14.0. The molecular formula is C15H18ClNO2. The largest absolute Gasteiger partial charge is 0.484 e. The van der Waals surface area contributed by atoms with Gasteiger partial charge in [0.15, 0.2) is 0 Å². The third-order valence-electron chi connectivity index (χ3n) is 2.72. The minimum Gasteiger partial charge on any atom is -0.484 e. The maximum atomic E-state index is 6.07. The van der Waals surface area contributed by atoms with Gasteiger partial charge >= 0.3 is 0 Å². The van der Waals surface area contributed by atoms with Crippen LogP contribution in [0.25, 0.3) is 0 Å². The van der Waals surface area contributed by atoms with Crippen molar-refractivity contribution in [3.8, 4) is 5.75 Å². The molecule has 0 saturated heterocycles. The minimum absolute atomic E-state index is 0.384. The summed E-state index contributed by atoms with van der Waals surface area (Å²) in [6.45, 7) is 6.11. The number of benzene rings is 1. The van der Waals surface area contributed by atoms with Crippen molar-refractivity contribution in [1.29, 1.82) is 0 Å². The number of halogens is 1. The Balaban J connectivity index is 1.94. The second-order valence-electron chi connectivity index (χ2n) is 4.37. The van der Waals surface area contributed by atoms with Crippen molar-refractivity contribution < 1.29 is 9.15 Å². The third-order valence-corrected chi connectivity index (χ3v) is 3.04. The zero-order valence-corrected chi connectivity index (χ0v) is 12.0. The maximum absolute atomic E-state index is 6.07. The van der Waals surface area contributed by atoms with Crippen molar-refractivity contribution >= 4 is 11.6 Å². The third kappa shape index (κ3) is 4.01. The van der Waals surface area contributed by atoms with Crippen molar-refractivity contribution in [3.63, 3.8) is 0 Å². The molecule has 0 aliphatic carbocycles. The van der Waals surface area contributed by atoms with Crippen molar-refractivity contribution in [2.24, 2.45) is 0 Å². The lowest BCUT2D eigenvalue weighted by Crippen LogP contribution is -2.10. The lowest BCUT2D eigenvalue weighted by atomic mass is 10.2. The van der Waals surface area contributed by atoms with E-state index in [1.54, 1.807) is 0 Å². The lowest BCUT2D eigenvalue weighted by Gasteiger charge is -2.07. The van der Waals surface area contributed by atoms with Gasteiger partial charge in [0, 0.05) is 0 Å². The Morgan fingerprint density at radius 3 is 2.79 bits per heavy atom. The molecule has 102 valence electrons. The van der Waals surface area contributed by atoms with Gasteiger partial charge in [0.05, 0.1) is 11.6 Å². The number of rotatable bonds is 6. The van der Waals surface area contributed by atoms with E-state index >= 15 is 0 Å². The van der Waals surface area contributed by atoms with Crippen molar-refractivity contribution in [2.45, 2.75) is 27.0 Å². The molecule has 0 atom stereocenters. The smallest absolute Gasteiger partial charge is 0.146 e. The topological polar surface area (TPSA) is 34.4 Å². The lowest BCUT2D eigenvalue weighted by molar-refractivity contribution is 0.265. The quantitative estimate of drug-likeness (QED) is 0.870. The summed E-state index contributed by atoms with van der Waals surface area (Å²) in [6, 6.07) is 9.60. The fourth-order valence-electron chi connectivity index (χ4n) is 1.71. The molecule has 0 unspecified atom stereocenters. The number of nitrogens with one attached hydrogen (secondary N) is 1. The van der Waals surface area contributed by atoms with E-state index in [1.165, 1.54) is 0 Å². The SMILES string of the molecule is CCNCc1ccc(COc2cc(C)ccc2Cl)o1. The van der Waals surface area contributed by atoms with Crippen molar-refractivity contribution in [1.82, 2.24) is 5.32 Å². The molecular weight excluding hydrogens is 262 g/mol. The highest BCUT2D eigenvalue weighted by atomic mass is 35.5. The second kappa shape index (κ2) is 6.64. The molecule has 2 rings (SSSR count). The zero-order valence-electron chi connectivity index (χ0n) is 11.2. The standard InChI is InChI=1S/C15H18ClNO2/c1-3-17-9-12-5-6-13(19-12)10-18-15-8-11(2)4-7-14(15)16/h4-8,17H,3,9-10H2,1-2H3. The van der Waals surface area contributed by atoms with Crippen LogP contribution in [0.1, 0.15) is 24.0 Å². The van der Waals surface area contributed by atoms with Crippen LogP contribution < -0.4 is 10.1 Å². The Bertz CT molecular complexity index is 537. The van der Waals surface area contributed by atoms with E-state index in [0.29, 0.717) is 17.4 Å². The average Bonchev–Trinajstić information content (AvgIpc) is 2.85. The molecule has 0 amide bonds. The predicted octanol–water partition coefficient (Wildman–Crippen LogP) is 3.93. The molecule has 0 aliphatic heterocycles. The first-order valence-electron chi connectivity index (χ1n) is 6.36. The number of aryl methyl sites for hydroxylation is 1. The minimum atomic E-state index is 0.384. The number of hydrogen-bond donors (Lipinski definition) is 1. The number of furan rings is 1. The molecule has 0 saturated carbocycles. The van der Waals surface area contributed by atoms with Gasteiger partial charge in [0.2, 0.25) is 0 Å². The van der Waals surface area contributed by atoms with E-state index in [4.69, 9.17) is 20.8 Å². The molecule has 19 heavy (non-hydrogen) atoms. The summed E-state index contributed by atoms with van der Waals surface area (Å²) in [7, 11) is 0. The van der Waals surface area contributed by atoms with Gasteiger partial charge < -0.3 is 14.5 Å². The second-order valence-corrected chi connectivity index (χ2v) is 4.78. The van der Waals surface area contributed by atoms with Gasteiger partial charge in [-0.1, -0.05) is 24.6 Å². The maximum Gasteiger partial charge on any atom is 0.146 e. The molecule has 1 aromatic carbocycles. The molecule has 3 nitrogen and oxygen atoms in total. The van der Waals surface area contributed by atoms with Gasteiger partial charge in [-0.25, -0.2) is 0 Å². The Kier molecular flexibility index (Phi) is 4.88. The van der Waals surface area contributed by atoms with Crippen LogP contribution in [-0.4, -0.2) is 6.54 Å². The highest BCUT2D eigenvalue weighted by Gasteiger charge is 2.05. The summed E-state index contributed by atoms with van der Waals surface area (Å²) in [4.78, 5) is 0. The summed E-state index contributed by atoms with van der Waals surface area (Å²) >= 11 is 6.07. The highest BCUT2D eigenvalue weighted by Crippen LogP contribution is 2.26. The fourth-order valence-corrected chi connectivity index (χ4v) is 1.89. The zero-order chi connectivity index (χ0) is 13.7. The monoisotopic (exact) mass is 279 g/mol. The summed E-state index contributed by atoms with van der Waals surface area (Å²) < 4.78 is 11.3. The Labute approximate surface area is 118 Å². The molecule has 4 heteroatoms. The Morgan fingerprint density at radius 2 is 2.00 bits per heavy atom. The molecule has 1 aromatic heterocycles. The van der Waals surface area contributed by atoms with Gasteiger partial charge in [0.25, 0.3) is 0 Å². The summed E-state index contributed by atoms with van der Waals surface area (Å²) in [5.74, 6) is 2.40. The Hall–Kier alpha value is -1.45. The average molecular weight is 280 g/mol. The van der Waals surface area contributed by atoms with Crippen LogP contribution in [0.15, 0.2) is 34.7 Å². The molecule has 0 radical (unpaired) electrons. The van der Waals surface area contributed by atoms with E-state index in [0.717, 1.165) is 30.2 Å². The molecule has 2 aromatic rings. The number of ether oxygens (including phenoxy) is 1. The van der Waals surface area contributed by atoms with Crippen LogP contribution in [0.3, 0.4) is 0 Å². The van der Waals surface area contributed by atoms with Gasteiger partial charge in [-0.15, -0.1) is 0 Å². The van der Waals surface area contributed by atoms with E-state index in [9.17, 15) is 0 Å². The van der Waals surface area contributed by atoms with Crippen LogP contribution in [0.2, 0.25) is 5.02 Å². The van der Waals surface area contributed by atoms with Crippen LogP contribution in [-0.2, 0) is 13.2 Å². The van der Waals surface area contributed by atoms with E-state index in [1.807, 2.05) is 37.3 Å². The first-order chi connectivity index (χ1) is 9.19. The molecule has 0 bridgehead atoms. The van der Waals surface area contributed by atoms with E-state index in [-0.39, 0.29) is 0 Å². The van der Waals surface area contributed by atoms with Crippen molar-refractivity contribution in [2.75, 3.05) is 6.54 Å². The predicted molar refractivity (Wildman–Crippen MR) is 76.6 cm³/mol. The van der Waals surface area contributed by atoms with Crippen molar-refractivity contribution in [3.05, 3.63) is 52.4 Å². The van der Waals surface area contributed by atoms with Crippen LogP contribution in [0, 0.1) is 6.92 Å². The van der Waals surface area contributed by atoms with E-state index in [2.05, 4.69) is 12.2 Å². The Morgan fingerprint density at radius 1 is 1.21 bits per heavy atom. The van der Waals surface area contributed by atoms with Gasteiger partial charge in [-0.05, 0) is 43.3 Å². The molecule has 0 aliphatic rings. The molecule has 0 spiro atoms. The fraction of sp³-hybridized carbons (Fsp3) is 0.333. The van der Waals surface area contributed by atoms with Crippen LogP contribution >= 0.6 is 11.6 Å². The van der Waals surface area contributed by atoms with Crippen LogP contribution in [0.5, 0.6) is 5.75 Å². The molecule has 1 N–H and O–H groups in total. The first-order valence-corrected chi connectivity index (χ1v) is 6.74. The van der Waals surface area contributed by atoms with Gasteiger partial charge in [-0.3, -0.25) is 0 Å². The normalized spacial score (nSPS) is 10.7. The summed E-state index contributed by atoms with van der Waals surface area (Å²) in [6.07, 6.45) is 0. The molecule has 0 fully saturated rings. The highest BCUT2D eigenvalue weighted by molar-refractivity contribution is 6.32. The van der Waals surface area contributed by atoms with Gasteiger partial charge in [0.1, 0.15) is 23.9 Å². The summed E-state index contributed by atoms with van der Waals surface area (Å²) in [5, 5.41) is 3.83. The van der Waals surface area contributed by atoms with Gasteiger partial charge in [-0.2, -0.15) is 0 Å². The number of hydrogen-bond acceptors (Lipinski definition) is 3. The molecule has 1 heterocycles. The van der Waals surface area contributed by atoms with Crippen LogP contribution in [0.4, 0.5) is 0 Å². The summed E-state index contributed by atoms with van der Waals surface area (Å²) in [5.41, 5.74) is 1.12.